The Morgan fingerprint density at radius 2 is 0.361 bits per heavy atom. The Morgan fingerprint density at radius 3 is 0.500 bits per heavy atom. The van der Waals surface area contributed by atoms with Crippen molar-refractivity contribution >= 4 is 64.6 Å². The molecule has 6 N–H and O–H groups in total. The molecule has 0 amide bonds. The number of phenolic OH excluding ortho intramolecular Hbond substituents is 6. The molecule has 36 heavy (non-hydrogen) atoms. The maximum absolute atomic E-state index is 10.1. The third-order valence-corrected chi connectivity index (χ3v) is 7.08. The van der Waals surface area contributed by atoms with Crippen LogP contribution in [0, 0.1) is 0 Å². The van der Waals surface area contributed by atoms with Crippen molar-refractivity contribution in [3.63, 3.8) is 0 Å². The summed E-state index contributed by atoms with van der Waals surface area (Å²) in [6.45, 7) is 0. The molecule has 0 aliphatic heterocycles. The van der Waals surface area contributed by atoms with Gasteiger partial charge >= 0.3 is 0 Å². The van der Waals surface area contributed by atoms with Crippen LogP contribution in [0.3, 0.4) is 0 Å². The molecule has 0 saturated carbocycles. The van der Waals surface area contributed by atoms with Crippen molar-refractivity contribution in [1.29, 1.82) is 0 Å². The Morgan fingerprint density at radius 1 is 0.222 bits per heavy atom. The van der Waals surface area contributed by atoms with Crippen LogP contribution < -0.4 is 0 Å². The quantitative estimate of drug-likeness (QED) is 0.0813. The Balaban J connectivity index is 1.76. The first-order valence-corrected chi connectivity index (χ1v) is 11.3. The third kappa shape index (κ3) is 2.72. The Bertz CT molecular complexity index is 1690. The molecule has 0 aliphatic rings. The number of benzene rings is 7. The molecule has 0 heterocycles. The highest BCUT2D eigenvalue weighted by Crippen LogP contribution is 2.44. The Hall–Kier alpha value is -5.10. The normalized spacial score (nSPS) is 12.0. The first kappa shape index (κ1) is 20.3. The van der Waals surface area contributed by atoms with Gasteiger partial charge in [-0.3, -0.25) is 0 Å². The monoisotopic (exact) mass is 474 g/mol. The first-order valence-electron chi connectivity index (χ1n) is 11.3. The zero-order valence-corrected chi connectivity index (χ0v) is 18.6. The van der Waals surface area contributed by atoms with Crippen LogP contribution in [-0.2, 0) is 0 Å². The molecule has 6 heteroatoms. The van der Waals surface area contributed by atoms with E-state index in [4.69, 9.17) is 0 Å². The minimum Gasteiger partial charge on any atom is -0.504 e. The van der Waals surface area contributed by atoms with E-state index >= 15 is 0 Å². The summed E-state index contributed by atoms with van der Waals surface area (Å²) in [5, 5.41) is 70.4. The van der Waals surface area contributed by atoms with Gasteiger partial charge in [0.05, 0.1) is 0 Å². The molecule has 0 atom stereocenters. The molecule has 0 bridgehead atoms. The van der Waals surface area contributed by atoms with Gasteiger partial charge in [-0.15, -0.1) is 0 Å². The molecule has 0 radical (unpaired) electrons. The van der Waals surface area contributed by atoms with Crippen LogP contribution in [0.4, 0.5) is 0 Å². The van der Waals surface area contributed by atoms with Gasteiger partial charge in [0, 0.05) is 0 Å². The predicted octanol–water partition coefficient (Wildman–Crippen LogP) is 6.84. The van der Waals surface area contributed by atoms with Crippen molar-refractivity contribution in [3.8, 4) is 34.5 Å². The molecule has 174 valence electrons. The molecule has 7 aromatic carbocycles. The number of rotatable bonds is 0. The van der Waals surface area contributed by atoms with Crippen molar-refractivity contribution in [2.24, 2.45) is 0 Å². The van der Waals surface area contributed by atoms with Gasteiger partial charge in [-0.25, -0.2) is 0 Å². The standard InChI is InChI=1S/C30H18O6/c31-25-7-13-1-19-20(2-14(13)8-26(25)32)22-5-17-11-29(35)30(36)12-18(17)6-24(22)23-4-16-10-28(34)27(33)9-15(16)3-21(19)23/h1-12,31-36H. The summed E-state index contributed by atoms with van der Waals surface area (Å²) in [5.74, 6) is -1.26. The maximum atomic E-state index is 10.1. The third-order valence-electron chi connectivity index (χ3n) is 7.08. The van der Waals surface area contributed by atoms with Crippen molar-refractivity contribution in [1.82, 2.24) is 0 Å². The van der Waals surface area contributed by atoms with Crippen LogP contribution in [0.25, 0.3) is 64.6 Å². The number of phenols is 6. The lowest BCUT2D eigenvalue weighted by atomic mass is 9.89. The van der Waals surface area contributed by atoms with Crippen LogP contribution in [0.15, 0.2) is 72.8 Å². The van der Waals surface area contributed by atoms with Gasteiger partial charge in [0.1, 0.15) is 0 Å². The number of fused-ring (bicyclic) bond motifs is 9. The molecular weight excluding hydrogens is 456 g/mol. The fraction of sp³-hybridized carbons (Fsp3) is 0. The summed E-state index contributed by atoms with van der Waals surface area (Å²) >= 11 is 0. The molecule has 7 rings (SSSR count). The van der Waals surface area contributed by atoms with E-state index in [1.165, 1.54) is 36.4 Å². The van der Waals surface area contributed by atoms with Crippen LogP contribution >= 0.6 is 0 Å². The maximum Gasteiger partial charge on any atom is 0.158 e. The fourth-order valence-corrected chi connectivity index (χ4v) is 5.31. The van der Waals surface area contributed by atoms with E-state index in [-0.39, 0.29) is 34.5 Å². The van der Waals surface area contributed by atoms with Gasteiger partial charge in [-0.1, -0.05) is 0 Å². The molecule has 0 fully saturated rings. The summed E-state index contributed by atoms with van der Waals surface area (Å²) in [6, 6.07) is 20.8. The summed E-state index contributed by atoms with van der Waals surface area (Å²) in [4.78, 5) is 0. The average molecular weight is 474 g/mol. The fourth-order valence-electron chi connectivity index (χ4n) is 5.31. The van der Waals surface area contributed by atoms with Gasteiger partial charge in [0.2, 0.25) is 0 Å². The summed E-state index contributed by atoms with van der Waals surface area (Å²) in [5.41, 5.74) is 0. The molecule has 0 unspecified atom stereocenters. The summed E-state index contributed by atoms with van der Waals surface area (Å²) in [6.07, 6.45) is 0. The molecule has 0 saturated heterocycles. The van der Waals surface area contributed by atoms with Crippen LogP contribution in [0.2, 0.25) is 0 Å². The van der Waals surface area contributed by atoms with Crippen LogP contribution in [0.1, 0.15) is 0 Å². The molecule has 0 aliphatic carbocycles. The second-order valence-corrected chi connectivity index (χ2v) is 9.26. The van der Waals surface area contributed by atoms with E-state index in [1.54, 1.807) is 0 Å². The SMILES string of the molecule is Oc1cc2cc3c4cc5cc(O)c(O)cc5cc4c4cc5cc(O)c(O)cc5cc4c3cc2cc1O. The van der Waals surface area contributed by atoms with E-state index in [1.807, 2.05) is 36.4 Å². The van der Waals surface area contributed by atoms with E-state index in [9.17, 15) is 30.6 Å². The number of hydrogen-bond acceptors (Lipinski definition) is 6. The van der Waals surface area contributed by atoms with Crippen LogP contribution in [-0.4, -0.2) is 30.6 Å². The van der Waals surface area contributed by atoms with Crippen molar-refractivity contribution in [2.75, 3.05) is 0 Å². The van der Waals surface area contributed by atoms with E-state index in [2.05, 4.69) is 0 Å². The molecule has 7 aromatic rings. The largest absolute Gasteiger partial charge is 0.504 e. The molecule has 0 aromatic heterocycles. The topological polar surface area (TPSA) is 121 Å². The minimum atomic E-state index is -0.209. The summed E-state index contributed by atoms with van der Waals surface area (Å²) in [7, 11) is 0. The van der Waals surface area contributed by atoms with E-state index in [0.29, 0.717) is 0 Å². The Kier molecular flexibility index (Phi) is 3.79. The zero-order valence-electron chi connectivity index (χ0n) is 18.6. The minimum absolute atomic E-state index is 0.209. The lowest BCUT2D eigenvalue weighted by Gasteiger charge is -2.15. The second-order valence-electron chi connectivity index (χ2n) is 9.26. The number of hydrogen-bond donors (Lipinski definition) is 6. The highest BCUT2D eigenvalue weighted by molar-refractivity contribution is 6.30. The lowest BCUT2D eigenvalue weighted by molar-refractivity contribution is 0.405. The van der Waals surface area contributed by atoms with Gasteiger partial charge < -0.3 is 30.6 Å². The van der Waals surface area contributed by atoms with Gasteiger partial charge in [0.15, 0.2) is 34.5 Å². The smallest absolute Gasteiger partial charge is 0.158 e. The van der Waals surface area contributed by atoms with Crippen LogP contribution in [0.5, 0.6) is 34.5 Å². The second kappa shape index (κ2) is 6.73. The van der Waals surface area contributed by atoms with Gasteiger partial charge in [-0.2, -0.15) is 0 Å². The Labute approximate surface area is 202 Å². The first-order chi connectivity index (χ1) is 17.3. The molecule has 0 spiro atoms. The highest BCUT2D eigenvalue weighted by atomic mass is 16.3. The molecular formula is C30H18O6. The van der Waals surface area contributed by atoms with Crippen molar-refractivity contribution in [2.45, 2.75) is 0 Å². The lowest BCUT2D eigenvalue weighted by Crippen LogP contribution is -1.87. The zero-order chi connectivity index (χ0) is 24.9. The highest BCUT2D eigenvalue weighted by Gasteiger charge is 2.15. The average Bonchev–Trinajstić information content (AvgIpc) is 2.84. The van der Waals surface area contributed by atoms with E-state index in [0.717, 1.165) is 64.6 Å². The van der Waals surface area contributed by atoms with Crippen molar-refractivity contribution < 1.29 is 30.6 Å². The number of aromatic hydroxyl groups is 6. The summed E-state index contributed by atoms with van der Waals surface area (Å²) < 4.78 is 0. The predicted molar refractivity (Wildman–Crippen MR) is 141 cm³/mol. The van der Waals surface area contributed by atoms with Gasteiger partial charge in [0.25, 0.3) is 0 Å². The molecule has 6 nitrogen and oxygen atoms in total. The van der Waals surface area contributed by atoms with Crippen molar-refractivity contribution in [3.05, 3.63) is 72.8 Å². The van der Waals surface area contributed by atoms with Gasteiger partial charge in [-0.05, 0) is 137 Å². The van der Waals surface area contributed by atoms with E-state index < -0.39 is 0 Å².